The Bertz CT molecular complexity index is 876. The Morgan fingerprint density at radius 2 is 2.04 bits per heavy atom. The van der Waals surface area contributed by atoms with Crippen LogP contribution in [0, 0.1) is 0 Å². The van der Waals surface area contributed by atoms with Gasteiger partial charge in [-0.1, -0.05) is 6.07 Å². The van der Waals surface area contributed by atoms with Crippen molar-refractivity contribution in [3.8, 4) is 11.5 Å². The van der Waals surface area contributed by atoms with E-state index in [9.17, 15) is 4.79 Å². The number of nitrogens with zero attached hydrogens (tertiary/aromatic N) is 3. The molecule has 0 aliphatic carbocycles. The van der Waals surface area contributed by atoms with E-state index < -0.39 is 0 Å². The van der Waals surface area contributed by atoms with E-state index in [0.29, 0.717) is 36.4 Å². The second-order valence-electron chi connectivity index (χ2n) is 5.51. The van der Waals surface area contributed by atoms with Gasteiger partial charge in [-0.2, -0.15) is 0 Å². The first kappa shape index (κ1) is 16.8. The minimum atomic E-state index is -0.0720. The van der Waals surface area contributed by atoms with Crippen molar-refractivity contribution < 1.29 is 14.3 Å². The zero-order valence-corrected chi connectivity index (χ0v) is 14.2. The van der Waals surface area contributed by atoms with Gasteiger partial charge in [-0.25, -0.2) is 0 Å². The van der Waals surface area contributed by atoms with Gasteiger partial charge in [-0.05, 0) is 30.7 Å². The second-order valence-corrected chi connectivity index (χ2v) is 5.51. The van der Waals surface area contributed by atoms with E-state index in [4.69, 9.17) is 9.47 Å². The summed E-state index contributed by atoms with van der Waals surface area (Å²) in [6, 6.07) is 11.0. The van der Waals surface area contributed by atoms with Crippen molar-refractivity contribution in [1.29, 1.82) is 0 Å². The molecule has 2 aromatic heterocycles. The number of pyridine rings is 1. The first-order chi connectivity index (χ1) is 12.2. The van der Waals surface area contributed by atoms with E-state index in [1.54, 1.807) is 32.4 Å². The number of ether oxygens (including phenoxy) is 2. The third-order valence-electron chi connectivity index (χ3n) is 3.87. The lowest BCUT2D eigenvalue weighted by molar-refractivity contribution is -0.116. The molecule has 1 N–H and O–H groups in total. The summed E-state index contributed by atoms with van der Waals surface area (Å²) in [6.07, 6.45) is 3.67. The number of anilines is 1. The molecular formula is C18H20N4O3. The maximum absolute atomic E-state index is 12.2. The fraction of sp³-hybridized carbons (Fsp3) is 0.278. The van der Waals surface area contributed by atoms with Crippen LogP contribution < -0.4 is 14.8 Å². The van der Waals surface area contributed by atoms with Crippen molar-refractivity contribution in [2.75, 3.05) is 19.5 Å². The Kier molecular flexibility index (Phi) is 5.13. The summed E-state index contributed by atoms with van der Waals surface area (Å²) in [4.78, 5) is 12.2. The van der Waals surface area contributed by atoms with Crippen LogP contribution in [-0.4, -0.2) is 34.7 Å². The zero-order chi connectivity index (χ0) is 17.6. The molecule has 3 rings (SSSR count). The molecule has 2 heterocycles. The molecule has 0 bridgehead atoms. The molecule has 0 spiro atoms. The lowest BCUT2D eigenvalue weighted by Gasteiger charge is -2.11. The van der Waals surface area contributed by atoms with Crippen molar-refractivity contribution in [3.05, 3.63) is 48.4 Å². The quantitative estimate of drug-likeness (QED) is 0.715. The summed E-state index contributed by atoms with van der Waals surface area (Å²) >= 11 is 0. The van der Waals surface area contributed by atoms with Crippen molar-refractivity contribution in [3.63, 3.8) is 0 Å². The number of aryl methyl sites for hydroxylation is 1. The van der Waals surface area contributed by atoms with Crippen LogP contribution in [0.2, 0.25) is 0 Å². The molecule has 0 aliphatic rings. The van der Waals surface area contributed by atoms with E-state index in [0.717, 1.165) is 11.5 Å². The average Bonchev–Trinajstić information content (AvgIpc) is 3.05. The highest BCUT2D eigenvalue weighted by Gasteiger charge is 2.10. The maximum Gasteiger partial charge on any atom is 0.224 e. The van der Waals surface area contributed by atoms with Crippen LogP contribution >= 0.6 is 0 Å². The minimum absolute atomic E-state index is 0.0720. The average molecular weight is 340 g/mol. The van der Waals surface area contributed by atoms with Crippen LogP contribution in [0.3, 0.4) is 0 Å². The predicted octanol–water partition coefficient (Wildman–Crippen LogP) is 2.71. The van der Waals surface area contributed by atoms with Gasteiger partial charge in [-0.15, -0.1) is 10.2 Å². The number of methoxy groups -OCH3 is 2. The number of fused-ring (bicyclic) bond motifs is 1. The molecule has 1 amide bonds. The molecule has 3 aromatic rings. The fourth-order valence-electron chi connectivity index (χ4n) is 2.58. The van der Waals surface area contributed by atoms with Crippen LogP contribution in [0.1, 0.15) is 18.7 Å². The first-order valence-electron chi connectivity index (χ1n) is 8.02. The molecule has 130 valence electrons. The Hall–Kier alpha value is -3.09. The van der Waals surface area contributed by atoms with Crippen LogP contribution in [0.25, 0.3) is 5.65 Å². The second kappa shape index (κ2) is 7.65. The zero-order valence-electron chi connectivity index (χ0n) is 14.2. The molecule has 7 nitrogen and oxygen atoms in total. The number of benzene rings is 1. The van der Waals surface area contributed by atoms with Gasteiger partial charge >= 0.3 is 0 Å². The predicted molar refractivity (Wildman–Crippen MR) is 94.1 cm³/mol. The largest absolute Gasteiger partial charge is 0.497 e. The SMILES string of the molecule is COc1ccc(NC(=O)CCCc2nnc3ccccn23)c(OC)c1. The summed E-state index contributed by atoms with van der Waals surface area (Å²) in [5, 5.41) is 11.1. The number of nitrogens with one attached hydrogen (secondary N) is 1. The number of carbonyl (C=O) groups excluding carboxylic acids is 1. The number of amides is 1. The third kappa shape index (κ3) is 3.88. The highest BCUT2D eigenvalue weighted by molar-refractivity contribution is 5.92. The third-order valence-corrected chi connectivity index (χ3v) is 3.87. The normalized spacial score (nSPS) is 10.6. The molecule has 0 saturated heterocycles. The van der Waals surface area contributed by atoms with Crippen molar-refractivity contribution in [1.82, 2.24) is 14.6 Å². The van der Waals surface area contributed by atoms with E-state index in [1.807, 2.05) is 28.8 Å². The molecule has 7 heteroatoms. The Morgan fingerprint density at radius 1 is 1.16 bits per heavy atom. The Morgan fingerprint density at radius 3 is 2.84 bits per heavy atom. The van der Waals surface area contributed by atoms with Crippen LogP contribution in [-0.2, 0) is 11.2 Å². The number of rotatable bonds is 7. The van der Waals surface area contributed by atoms with Gasteiger partial charge in [0.05, 0.1) is 19.9 Å². The van der Waals surface area contributed by atoms with Gasteiger partial charge in [-0.3, -0.25) is 9.20 Å². The summed E-state index contributed by atoms with van der Waals surface area (Å²) in [5.41, 5.74) is 1.44. The van der Waals surface area contributed by atoms with Crippen molar-refractivity contribution >= 4 is 17.2 Å². The smallest absolute Gasteiger partial charge is 0.224 e. The van der Waals surface area contributed by atoms with Gasteiger partial charge in [0.1, 0.15) is 17.3 Å². The standard InChI is InChI=1S/C18H20N4O3/c1-24-13-9-10-14(15(12-13)25-2)19-18(23)8-5-7-17-21-20-16-6-3-4-11-22(16)17/h3-4,6,9-12H,5,7-8H2,1-2H3,(H,19,23). The van der Waals surface area contributed by atoms with Crippen molar-refractivity contribution in [2.24, 2.45) is 0 Å². The van der Waals surface area contributed by atoms with Gasteiger partial charge in [0.15, 0.2) is 5.65 Å². The number of hydrogen-bond donors (Lipinski definition) is 1. The minimum Gasteiger partial charge on any atom is -0.497 e. The first-order valence-corrected chi connectivity index (χ1v) is 8.02. The van der Waals surface area contributed by atoms with E-state index in [2.05, 4.69) is 15.5 Å². The molecule has 0 fully saturated rings. The number of hydrogen-bond acceptors (Lipinski definition) is 5. The molecule has 25 heavy (non-hydrogen) atoms. The van der Waals surface area contributed by atoms with Crippen LogP contribution in [0.4, 0.5) is 5.69 Å². The fourth-order valence-corrected chi connectivity index (χ4v) is 2.58. The van der Waals surface area contributed by atoms with Crippen molar-refractivity contribution in [2.45, 2.75) is 19.3 Å². The molecular weight excluding hydrogens is 320 g/mol. The van der Waals surface area contributed by atoms with Crippen LogP contribution in [0.15, 0.2) is 42.6 Å². The summed E-state index contributed by atoms with van der Waals surface area (Å²) in [7, 11) is 3.14. The molecule has 0 radical (unpaired) electrons. The highest BCUT2D eigenvalue weighted by atomic mass is 16.5. The van der Waals surface area contributed by atoms with E-state index in [1.165, 1.54) is 0 Å². The number of aromatic nitrogens is 3. The maximum atomic E-state index is 12.2. The lowest BCUT2D eigenvalue weighted by Crippen LogP contribution is -2.12. The summed E-state index contributed by atoms with van der Waals surface area (Å²) in [5.74, 6) is 2.02. The Balaban J connectivity index is 1.56. The van der Waals surface area contributed by atoms with Gasteiger partial charge in [0, 0.05) is 25.1 Å². The van der Waals surface area contributed by atoms with Gasteiger partial charge in [0.25, 0.3) is 0 Å². The lowest BCUT2D eigenvalue weighted by atomic mass is 10.2. The van der Waals surface area contributed by atoms with E-state index >= 15 is 0 Å². The Labute approximate surface area is 145 Å². The molecule has 0 saturated carbocycles. The van der Waals surface area contributed by atoms with Gasteiger partial charge < -0.3 is 14.8 Å². The summed E-state index contributed by atoms with van der Waals surface area (Å²) < 4.78 is 12.4. The van der Waals surface area contributed by atoms with E-state index in [-0.39, 0.29) is 5.91 Å². The van der Waals surface area contributed by atoms with Crippen LogP contribution in [0.5, 0.6) is 11.5 Å². The molecule has 0 unspecified atom stereocenters. The molecule has 0 atom stereocenters. The monoisotopic (exact) mass is 340 g/mol. The molecule has 0 aliphatic heterocycles. The topological polar surface area (TPSA) is 77.8 Å². The highest BCUT2D eigenvalue weighted by Crippen LogP contribution is 2.29. The summed E-state index contributed by atoms with van der Waals surface area (Å²) in [6.45, 7) is 0. The van der Waals surface area contributed by atoms with Gasteiger partial charge in [0.2, 0.25) is 5.91 Å². The number of carbonyl (C=O) groups is 1. The molecule has 1 aromatic carbocycles.